The van der Waals surface area contributed by atoms with Crippen molar-refractivity contribution in [2.24, 2.45) is 0 Å². The number of nitriles is 1. The number of nitrogens with zero attached hydrogens (tertiary/aromatic N) is 3. The third-order valence-electron chi connectivity index (χ3n) is 4.81. The summed E-state index contributed by atoms with van der Waals surface area (Å²) in [6, 6.07) is 1.70. The Morgan fingerprint density at radius 3 is 2.78 bits per heavy atom. The Balaban J connectivity index is 1.94. The van der Waals surface area contributed by atoms with E-state index in [4.69, 9.17) is 4.74 Å². The summed E-state index contributed by atoms with van der Waals surface area (Å²) in [4.78, 5) is 16.4. The first-order valence-electron chi connectivity index (χ1n) is 9.23. The molecule has 0 spiro atoms. The van der Waals surface area contributed by atoms with Gasteiger partial charge in [0.05, 0.1) is 18.1 Å². The van der Waals surface area contributed by atoms with Crippen LogP contribution in [-0.4, -0.2) is 101 Å². The quantitative estimate of drug-likeness (QED) is 0.358. The number of amides is 1. The second kappa shape index (κ2) is 10.6. The number of ether oxygens (including phenoxy) is 1. The smallest absolute Gasteiger partial charge is 0.263 e. The predicted octanol–water partition coefficient (Wildman–Crippen LogP) is -1.45. The fraction of sp³-hybridized carbons (Fsp3) is 0.765. The molecule has 1 amide bonds. The van der Waals surface area contributed by atoms with Gasteiger partial charge < -0.3 is 20.3 Å². The fourth-order valence-electron chi connectivity index (χ4n) is 3.25. The van der Waals surface area contributed by atoms with Gasteiger partial charge in [-0.15, -0.1) is 0 Å². The maximum absolute atomic E-state index is 12.4. The van der Waals surface area contributed by atoms with E-state index < -0.39 is 15.7 Å². The third-order valence-corrected chi connectivity index (χ3v) is 6.56. The molecule has 152 valence electrons. The molecule has 10 heteroatoms. The van der Waals surface area contributed by atoms with Crippen LogP contribution in [-0.2, 0) is 19.4 Å². The molecule has 2 rings (SSSR count). The molecule has 0 aromatic rings. The molecule has 1 atom stereocenters. The van der Waals surface area contributed by atoms with E-state index in [9.17, 15) is 18.5 Å². The lowest BCUT2D eigenvalue weighted by atomic mass is 10.2. The van der Waals surface area contributed by atoms with Crippen LogP contribution in [0.25, 0.3) is 0 Å². The summed E-state index contributed by atoms with van der Waals surface area (Å²) in [6.45, 7) is 5.78. The maximum atomic E-state index is 12.4. The molecule has 0 aromatic heterocycles. The Morgan fingerprint density at radius 1 is 1.44 bits per heavy atom. The van der Waals surface area contributed by atoms with Crippen molar-refractivity contribution in [3.8, 4) is 6.07 Å². The van der Waals surface area contributed by atoms with Crippen LogP contribution in [0.15, 0.2) is 11.8 Å². The van der Waals surface area contributed by atoms with E-state index in [2.05, 4.69) is 15.5 Å². The zero-order valence-corrected chi connectivity index (χ0v) is 16.6. The summed E-state index contributed by atoms with van der Waals surface area (Å²) >= 11 is 0. The van der Waals surface area contributed by atoms with Crippen molar-refractivity contribution < 1.29 is 17.9 Å². The molecule has 2 aliphatic rings. The van der Waals surface area contributed by atoms with Crippen LogP contribution < -0.4 is 10.6 Å². The van der Waals surface area contributed by atoms with E-state index in [0.717, 1.165) is 32.7 Å². The van der Waals surface area contributed by atoms with Crippen molar-refractivity contribution in [2.45, 2.75) is 12.5 Å². The minimum Gasteiger partial charge on any atom is -0.383 e. The Labute approximate surface area is 161 Å². The Bertz CT molecular complexity index is 667. The van der Waals surface area contributed by atoms with Crippen LogP contribution in [0, 0.1) is 11.3 Å². The SMILES string of the molecule is COCCN(/C=C(/C#N)C(=O)NCCN1CCNCC1)C1CCS(=O)(=O)C1. The summed E-state index contributed by atoms with van der Waals surface area (Å²) in [5.41, 5.74) is -0.0179. The first kappa shape index (κ1) is 21.6. The lowest BCUT2D eigenvalue weighted by Gasteiger charge is -2.27. The number of rotatable bonds is 9. The first-order valence-corrected chi connectivity index (χ1v) is 11.1. The number of carbonyl (C=O) groups excluding carboxylic acids is 1. The highest BCUT2D eigenvalue weighted by atomic mass is 32.2. The van der Waals surface area contributed by atoms with E-state index in [1.54, 1.807) is 12.0 Å². The van der Waals surface area contributed by atoms with Crippen molar-refractivity contribution in [1.82, 2.24) is 20.4 Å². The summed E-state index contributed by atoms with van der Waals surface area (Å²) in [7, 11) is -1.50. The van der Waals surface area contributed by atoms with Gasteiger partial charge in [0, 0.05) is 65.2 Å². The molecule has 9 nitrogen and oxygen atoms in total. The van der Waals surface area contributed by atoms with Gasteiger partial charge in [0.1, 0.15) is 11.6 Å². The highest BCUT2D eigenvalue weighted by Gasteiger charge is 2.31. The lowest BCUT2D eigenvalue weighted by molar-refractivity contribution is -0.117. The molecule has 0 radical (unpaired) electrons. The molecule has 0 bridgehead atoms. The van der Waals surface area contributed by atoms with Crippen molar-refractivity contribution in [3.05, 3.63) is 11.8 Å². The lowest BCUT2D eigenvalue weighted by Crippen LogP contribution is -2.46. The van der Waals surface area contributed by atoms with Crippen LogP contribution in [0.3, 0.4) is 0 Å². The summed E-state index contributed by atoms with van der Waals surface area (Å²) in [6.07, 6.45) is 1.97. The van der Waals surface area contributed by atoms with E-state index in [1.807, 2.05) is 6.07 Å². The fourth-order valence-corrected chi connectivity index (χ4v) is 4.99. The number of carbonyl (C=O) groups is 1. The minimum absolute atomic E-state index is 0.0179. The van der Waals surface area contributed by atoms with E-state index >= 15 is 0 Å². The van der Waals surface area contributed by atoms with E-state index in [1.165, 1.54) is 6.20 Å². The van der Waals surface area contributed by atoms with Gasteiger partial charge in [-0.05, 0) is 6.42 Å². The molecule has 2 saturated heterocycles. The summed E-state index contributed by atoms with van der Waals surface area (Å²) in [5.74, 6) is -0.263. The monoisotopic (exact) mass is 399 g/mol. The number of hydrogen-bond acceptors (Lipinski definition) is 8. The highest BCUT2D eigenvalue weighted by molar-refractivity contribution is 7.91. The molecule has 2 heterocycles. The average molecular weight is 400 g/mol. The molecular formula is C17H29N5O4S. The van der Waals surface area contributed by atoms with Gasteiger partial charge in [-0.1, -0.05) is 0 Å². The Kier molecular flexibility index (Phi) is 8.50. The van der Waals surface area contributed by atoms with Crippen LogP contribution in [0.1, 0.15) is 6.42 Å². The zero-order chi connectivity index (χ0) is 19.7. The standard InChI is InChI=1S/C17H29N5O4S/c1-26-10-9-22(16-2-11-27(24,25)14-16)13-15(12-18)17(23)20-5-8-21-6-3-19-4-7-21/h13,16,19H,2-11,14H2,1H3,(H,20,23)/b15-13-. The molecule has 0 saturated carbocycles. The van der Waals surface area contributed by atoms with Crippen LogP contribution in [0.4, 0.5) is 0 Å². The second-order valence-corrected chi connectivity index (χ2v) is 9.02. The molecule has 1 unspecified atom stereocenters. The van der Waals surface area contributed by atoms with Gasteiger partial charge in [-0.3, -0.25) is 9.69 Å². The maximum Gasteiger partial charge on any atom is 0.263 e. The number of sulfone groups is 1. The van der Waals surface area contributed by atoms with Crippen LogP contribution >= 0.6 is 0 Å². The zero-order valence-electron chi connectivity index (χ0n) is 15.8. The normalized spacial score (nSPS) is 23.0. The van der Waals surface area contributed by atoms with Gasteiger partial charge in [0.15, 0.2) is 9.84 Å². The van der Waals surface area contributed by atoms with Gasteiger partial charge in [0.25, 0.3) is 5.91 Å². The van der Waals surface area contributed by atoms with Gasteiger partial charge >= 0.3 is 0 Å². The molecular weight excluding hydrogens is 370 g/mol. The first-order chi connectivity index (χ1) is 12.9. The molecule has 27 heavy (non-hydrogen) atoms. The molecule has 0 aliphatic carbocycles. The summed E-state index contributed by atoms with van der Waals surface area (Å²) < 4.78 is 28.6. The predicted molar refractivity (Wildman–Crippen MR) is 102 cm³/mol. The topological polar surface area (TPSA) is 115 Å². The number of piperazine rings is 1. The van der Waals surface area contributed by atoms with Gasteiger partial charge in [-0.25, -0.2) is 8.42 Å². The largest absolute Gasteiger partial charge is 0.383 e. The van der Waals surface area contributed by atoms with E-state index in [0.29, 0.717) is 26.1 Å². The summed E-state index contributed by atoms with van der Waals surface area (Å²) in [5, 5.41) is 15.4. The molecule has 2 fully saturated rings. The van der Waals surface area contributed by atoms with Gasteiger partial charge in [-0.2, -0.15) is 5.26 Å². The Hall–Kier alpha value is -1.67. The molecule has 2 N–H and O–H groups in total. The van der Waals surface area contributed by atoms with Crippen LogP contribution in [0.2, 0.25) is 0 Å². The number of methoxy groups -OCH3 is 1. The van der Waals surface area contributed by atoms with E-state index in [-0.39, 0.29) is 23.1 Å². The van der Waals surface area contributed by atoms with Crippen molar-refractivity contribution in [1.29, 1.82) is 5.26 Å². The average Bonchev–Trinajstić information content (AvgIpc) is 3.02. The molecule has 2 aliphatic heterocycles. The van der Waals surface area contributed by atoms with Gasteiger partial charge in [0.2, 0.25) is 0 Å². The second-order valence-electron chi connectivity index (χ2n) is 6.79. The Morgan fingerprint density at radius 2 is 2.19 bits per heavy atom. The molecule has 0 aromatic carbocycles. The number of hydrogen-bond donors (Lipinski definition) is 2. The highest BCUT2D eigenvalue weighted by Crippen LogP contribution is 2.18. The van der Waals surface area contributed by atoms with Crippen molar-refractivity contribution >= 4 is 15.7 Å². The number of nitrogens with one attached hydrogen (secondary N) is 2. The third kappa shape index (κ3) is 7.10. The minimum atomic E-state index is -3.06. The van der Waals surface area contributed by atoms with Crippen molar-refractivity contribution in [2.75, 3.05) is 71.0 Å². The van der Waals surface area contributed by atoms with Crippen LogP contribution in [0.5, 0.6) is 0 Å². The van der Waals surface area contributed by atoms with Crippen molar-refractivity contribution in [3.63, 3.8) is 0 Å².